The molecule has 0 fully saturated rings. The lowest BCUT2D eigenvalue weighted by Gasteiger charge is -2.37. The van der Waals surface area contributed by atoms with Crippen LogP contribution < -0.4 is 9.47 Å². The number of hydrogen-bond donors (Lipinski definition) is 0. The normalized spacial score (nSPS) is 15.6. The first kappa shape index (κ1) is 26.1. The van der Waals surface area contributed by atoms with Crippen molar-refractivity contribution in [3.05, 3.63) is 76.2 Å². The molecule has 1 atom stereocenters. The highest BCUT2D eigenvalue weighted by molar-refractivity contribution is 7.89. The molecule has 0 N–H and O–H groups in total. The van der Waals surface area contributed by atoms with Gasteiger partial charge in [-0.25, -0.2) is 12.8 Å². The van der Waals surface area contributed by atoms with Crippen molar-refractivity contribution in [1.29, 1.82) is 0 Å². The Morgan fingerprint density at radius 2 is 1.81 bits per heavy atom. The van der Waals surface area contributed by atoms with E-state index in [2.05, 4.69) is 0 Å². The van der Waals surface area contributed by atoms with Gasteiger partial charge in [0, 0.05) is 18.0 Å². The number of sulfonamides is 1. The van der Waals surface area contributed by atoms with Gasteiger partial charge in [-0.3, -0.25) is 4.79 Å². The highest BCUT2D eigenvalue weighted by atomic mass is 32.2. The molecule has 2 heterocycles. The predicted octanol–water partition coefficient (Wildman–Crippen LogP) is 4.50. The maximum Gasteiger partial charge on any atom is 0.243 e. The van der Waals surface area contributed by atoms with Crippen LogP contribution in [0.15, 0.2) is 64.9 Å². The second-order valence-electron chi connectivity index (χ2n) is 8.43. The van der Waals surface area contributed by atoms with E-state index in [4.69, 9.17) is 9.47 Å². The third-order valence-electron chi connectivity index (χ3n) is 6.12. The third kappa shape index (κ3) is 5.71. The number of carbonyl (C=O) groups excluding carboxylic acids is 1. The van der Waals surface area contributed by atoms with E-state index in [1.165, 1.54) is 40.6 Å². The number of carbonyl (C=O) groups is 1. The number of halogens is 1. The van der Waals surface area contributed by atoms with Gasteiger partial charge in [0.1, 0.15) is 23.9 Å². The highest BCUT2D eigenvalue weighted by Gasteiger charge is 2.35. The van der Waals surface area contributed by atoms with Gasteiger partial charge in [0.2, 0.25) is 15.9 Å². The van der Waals surface area contributed by atoms with Crippen molar-refractivity contribution in [2.75, 3.05) is 33.4 Å². The van der Waals surface area contributed by atoms with Crippen molar-refractivity contribution >= 4 is 27.3 Å². The Morgan fingerprint density at radius 3 is 2.47 bits per heavy atom. The largest absolute Gasteiger partial charge is 0.497 e. The van der Waals surface area contributed by atoms with E-state index in [-0.39, 0.29) is 42.4 Å². The number of ether oxygens (including phenoxy) is 2. The first-order chi connectivity index (χ1) is 17.3. The fourth-order valence-electron chi connectivity index (χ4n) is 4.25. The lowest BCUT2D eigenvalue weighted by molar-refractivity contribution is -0.135. The van der Waals surface area contributed by atoms with Crippen LogP contribution in [0.1, 0.15) is 29.8 Å². The summed E-state index contributed by atoms with van der Waals surface area (Å²) in [5, 5.41) is 1.99. The molecular formula is C26H29FN2O5S2. The Balaban J connectivity index is 1.54. The quantitative estimate of drug-likeness (QED) is 0.384. The van der Waals surface area contributed by atoms with Crippen LogP contribution in [0.2, 0.25) is 0 Å². The van der Waals surface area contributed by atoms with Crippen molar-refractivity contribution in [3.8, 4) is 11.5 Å². The number of thiophene rings is 1. The second kappa shape index (κ2) is 11.4. The summed E-state index contributed by atoms with van der Waals surface area (Å²) < 4.78 is 52.3. The number of hydrogen-bond acceptors (Lipinski definition) is 6. The molecule has 0 aliphatic carbocycles. The van der Waals surface area contributed by atoms with E-state index < -0.39 is 10.0 Å². The molecule has 1 aromatic heterocycles. The molecule has 192 valence electrons. The van der Waals surface area contributed by atoms with Crippen LogP contribution in [-0.2, 0) is 21.2 Å². The van der Waals surface area contributed by atoms with Gasteiger partial charge in [-0.2, -0.15) is 4.31 Å². The number of benzene rings is 2. The Morgan fingerprint density at radius 1 is 1.11 bits per heavy atom. The van der Waals surface area contributed by atoms with Gasteiger partial charge >= 0.3 is 0 Å². The minimum absolute atomic E-state index is 0.111. The van der Waals surface area contributed by atoms with Crippen LogP contribution in [0.4, 0.5) is 4.39 Å². The van der Waals surface area contributed by atoms with Gasteiger partial charge in [0.25, 0.3) is 0 Å². The summed E-state index contributed by atoms with van der Waals surface area (Å²) in [6, 6.07) is 13.5. The highest BCUT2D eigenvalue weighted by Crippen LogP contribution is 2.34. The zero-order valence-electron chi connectivity index (χ0n) is 20.2. The van der Waals surface area contributed by atoms with E-state index in [1.54, 1.807) is 40.5 Å². The Kier molecular flexibility index (Phi) is 8.28. The van der Waals surface area contributed by atoms with Crippen molar-refractivity contribution < 1.29 is 27.1 Å². The van der Waals surface area contributed by atoms with Crippen LogP contribution in [0, 0.1) is 5.82 Å². The van der Waals surface area contributed by atoms with Gasteiger partial charge in [-0.05, 0) is 78.4 Å². The molecule has 0 spiro atoms. The van der Waals surface area contributed by atoms with Crippen LogP contribution >= 0.6 is 11.3 Å². The van der Waals surface area contributed by atoms with Crippen molar-refractivity contribution in [3.63, 3.8) is 0 Å². The molecule has 0 bridgehead atoms. The average molecular weight is 533 g/mol. The SMILES string of the molecule is CCCN(CC(=O)N1CCc2sccc2[C@H]1COc1ccc(F)cc1)S(=O)(=O)c1ccc(OC)cc1. The number of rotatable bonds is 10. The Labute approximate surface area is 215 Å². The first-order valence-electron chi connectivity index (χ1n) is 11.7. The molecule has 7 nitrogen and oxygen atoms in total. The summed E-state index contributed by atoms with van der Waals surface area (Å²) in [5.74, 6) is 0.410. The molecule has 1 aliphatic rings. The molecule has 0 saturated carbocycles. The van der Waals surface area contributed by atoms with Gasteiger partial charge in [-0.1, -0.05) is 6.92 Å². The molecule has 10 heteroatoms. The molecule has 0 unspecified atom stereocenters. The maximum absolute atomic E-state index is 13.6. The van der Waals surface area contributed by atoms with Crippen LogP contribution in [0.3, 0.4) is 0 Å². The molecule has 0 radical (unpaired) electrons. The number of nitrogens with zero attached hydrogens (tertiary/aromatic N) is 2. The maximum atomic E-state index is 13.6. The van der Waals surface area contributed by atoms with E-state index >= 15 is 0 Å². The minimum Gasteiger partial charge on any atom is -0.497 e. The van der Waals surface area contributed by atoms with Crippen LogP contribution in [-0.4, -0.2) is 56.9 Å². The van der Waals surface area contributed by atoms with Crippen molar-refractivity contribution in [2.24, 2.45) is 0 Å². The fourth-order valence-corrected chi connectivity index (χ4v) is 6.66. The zero-order chi connectivity index (χ0) is 25.7. The van der Waals surface area contributed by atoms with Crippen LogP contribution in [0.25, 0.3) is 0 Å². The van der Waals surface area contributed by atoms with Gasteiger partial charge in [-0.15, -0.1) is 11.3 Å². The predicted molar refractivity (Wildman–Crippen MR) is 136 cm³/mol. The molecule has 1 aliphatic heterocycles. The Bertz CT molecular complexity index is 1280. The van der Waals surface area contributed by atoms with E-state index in [0.717, 1.165) is 5.56 Å². The summed E-state index contributed by atoms with van der Waals surface area (Å²) >= 11 is 1.63. The average Bonchev–Trinajstić information content (AvgIpc) is 3.37. The number of amides is 1. The topological polar surface area (TPSA) is 76.2 Å². The van der Waals surface area contributed by atoms with Crippen LogP contribution in [0.5, 0.6) is 11.5 Å². The zero-order valence-corrected chi connectivity index (χ0v) is 21.9. The van der Waals surface area contributed by atoms with E-state index in [0.29, 0.717) is 30.9 Å². The molecular weight excluding hydrogens is 503 g/mol. The Hall–Kier alpha value is -2.95. The summed E-state index contributed by atoms with van der Waals surface area (Å²) in [6.07, 6.45) is 1.26. The third-order valence-corrected chi connectivity index (χ3v) is 8.97. The summed E-state index contributed by atoms with van der Waals surface area (Å²) in [4.78, 5) is 16.6. The molecule has 3 aromatic rings. The standard InChI is InChI=1S/C26H29FN2O5S2/c1-3-14-28(36(31,32)22-10-8-20(33-2)9-11-22)17-26(30)29-15-12-25-23(13-16-35-25)24(29)18-34-21-6-4-19(27)5-7-21/h4-11,13,16,24H,3,12,14-15,17-18H2,1-2H3/t24-/m1/s1. The minimum atomic E-state index is -3.88. The van der Waals surface area contributed by atoms with Crippen molar-refractivity contribution in [1.82, 2.24) is 9.21 Å². The van der Waals surface area contributed by atoms with Gasteiger partial charge < -0.3 is 14.4 Å². The molecule has 0 saturated heterocycles. The summed E-state index contributed by atoms with van der Waals surface area (Å²) in [6.45, 7) is 2.47. The van der Waals surface area contributed by atoms with Gasteiger partial charge in [0.15, 0.2) is 0 Å². The van der Waals surface area contributed by atoms with Crippen molar-refractivity contribution in [2.45, 2.75) is 30.7 Å². The number of fused-ring (bicyclic) bond motifs is 1. The summed E-state index contributed by atoms with van der Waals surface area (Å²) in [7, 11) is -2.37. The molecule has 2 aromatic carbocycles. The first-order valence-corrected chi connectivity index (χ1v) is 14.0. The number of methoxy groups -OCH3 is 1. The fraction of sp³-hybridized carbons (Fsp3) is 0.346. The smallest absolute Gasteiger partial charge is 0.243 e. The molecule has 1 amide bonds. The van der Waals surface area contributed by atoms with E-state index in [9.17, 15) is 17.6 Å². The van der Waals surface area contributed by atoms with E-state index in [1.807, 2.05) is 18.4 Å². The van der Waals surface area contributed by atoms with Gasteiger partial charge in [0.05, 0.1) is 24.6 Å². The lowest BCUT2D eigenvalue weighted by Crippen LogP contribution is -2.48. The monoisotopic (exact) mass is 532 g/mol. The lowest BCUT2D eigenvalue weighted by atomic mass is 10.0. The molecule has 36 heavy (non-hydrogen) atoms. The second-order valence-corrected chi connectivity index (χ2v) is 11.4. The summed E-state index contributed by atoms with van der Waals surface area (Å²) in [5.41, 5.74) is 1.00. The molecule has 4 rings (SSSR count).